The number of para-hydroxylation sites is 1. The van der Waals surface area contributed by atoms with E-state index in [0.29, 0.717) is 16.0 Å². The van der Waals surface area contributed by atoms with Crippen LogP contribution in [0.4, 0.5) is 0 Å². The molecular formula is C16H16BrNO5. The summed E-state index contributed by atoms with van der Waals surface area (Å²) in [6, 6.07) is 8.74. The van der Waals surface area contributed by atoms with Gasteiger partial charge in [0.15, 0.2) is 4.67 Å². The fraction of sp³-hybridized carbons (Fsp3) is 0.250. The Bertz CT molecular complexity index is 697. The third-order valence-corrected chi connectivity index (χ3v) is 3.76. The van der Waals surface area contributed by atoms with Crippen LogP contribution in [0.5, 0.6) is 5.75 Å². The van der Waals surface area contributed by atoms with Gasteiger partial charge in [0.05, 0.1) is 18.6 Å². The van der Waals surface area contributed by atoms with Gasteiger partial charge in [0.25, 0.3) is 5.91 Å². The highest BCUT2D eigenvalue weighted by molar-refractivity contribution is 9.10. The van der Waals surface area contributed by atoms with Gasteiger partial charge in [-0.05, 0) is 34.0 Å². The van der Waals surface area contributed by atoms with Gasteiger partial charge in [0.2, 0.25) is 0 Å². The van der Waals surface area contributed by atoms with Crippen LogP contribution < -0.4 is 10.1 Å². The van der Waals surface area contributed by atoms with E-state index in [1.165, 1.54) is 19.4 Å². The highest BCUT2D eigenvalue weighted by atomic mass is 79.9. The Labute approximate surface area is 141 Å². The lowest BCUT2D eigenvalue weighted by Crippen LogP contribution is -2.34. The zero-order valence-corrected chi connectivity index (χ0v) is 14.0. The summed E-state index contributed by atoms with van der Waals surface area (Å²) >= 11 is 3.11. The maximum atomic E-state index is 12.0. The van der Waals surface area contributed by atoms with E-state index in [1.807, 2.05) is 18.2 Å². The number of carboxylic acids is 1. The summed E-state index contributed by atoms with van der Waals surface area (Å²) in [5.41, 5.74) is 1.11. The van der Waals surface area contributed by atoms with Crippen molar-refractivity contribution < 1.29 is 23.8 Å². The summed E-state index contributed by atoms with van der Waals surface area (Å²) in [7, 11) is 1.53. The zero-order chi connectivity index (χ0) is 16.8. The Morgan fingerprint density at radius 3 is 2.74 bits per heavy atom. The van der Waals surface area contributed by atoms with Crippen LogP contribution in [0.2, 0.25) is 0 Å². The Morgan fingerprint density at radius 2 is 2.13 bits per heavy atom. The van der Waals surface area contributed by atoms with E-state index in [0.717, 1.165) is 5.56 Å². The van der Waals surface area contributed by atoms with Crippen LogP contribution in [0.3, 0.4) is 0 Å². The Kier molecular flexibility index (Phi) is 5.81. The van der Waals surface area contributed by atoms with E-state index in [4.69, 9.17) is 9.15 Å². The number of amides is 1. The molecule has 0 fully saturated rings. The Balaban J connectivity index is 2.02. The van der Waals surface area contributed by atoms with Crippen LogP contribution in [-0.4, -0.2) is 30.6 Å². The Morgan fingerprint density at radius 1 is 1.39 bits per heavy atom. The summed E-state index contributed by atoms with van der Waals surface area (Å²) in [6.45, 7) is 0.00894. The number of carbonyl (C=O) groups excluding carboxylic acids is 1. The van der Waals surface area contributed by atoms with Crippen LogP contribution in [-0.2, 0) is 11.2 Å². The second-order valence-corrected chi connectivity index (χ2v) is 5.68. The number of ether oxygens (including phenoxy) is 1. The lowest BCUT2D eigenvalue weighted by atomic mass is 9.98. The summed E-state index contributed by atoms with van der Waals surface area (Å²) in [5, 5.41) is 12.0. The van der Waals surface area contributed by atoms with E-state index in [2.05, 4.69) is 21.2 Å². The van der Waals surface area contributed by atoms with Crippen molar-refractivity contribution in [2.45, 2.75) is 6.42 Å². The van der Waals surface area contributed by atoms with E-state index in [9.17, 15) is 14.7 Å². The smallest absolute Gasteiger partial charge is 0.308 e. The van der Waals surface area contributed by atoms with Gasteiger partial charge in [-0.2, -0.15) is 0 Å². The maximum Gasteiger partial charge on any atom is 0.308 e. The molecule has 2 N–H and O–H groups in total. The van der Waals surface area contributed by atoms with Crippen molar-refractivity contribution in [1.29, 1.82) is 0 Å². The lowest BCUT2D eigenvalue weighted by molar-refractivity contribution is -0.141. The summed E-state index contributed by atoms with van der Waals surface area (Å²) < 4.78 is 10.7. The average molecular weight is 382 g/mol. The van der Waals surface area contributed by atoms with E-state index < -0.39 is 11.9 Å². The molecule has 0 aliphatic heterocycles. The molecule has 1 amide bonds. The standard InChI is InChI=1S/C16H16BrNO5/c1-22-13-5-3-2-4-10(13)6-11(16(20)21)8-18-15(19)12-7-14(17)23-9-12/h2-5,7,9,11H,6,8H2,1H3,(H,18,19)(H,20,21). The molecule has 23 heavy (non-hydrogen) atoms. The molecule has 1 aromatic carbocycles. The first-order valence-electron chi connectivity index (χ1n) is 6.88. The first kappa shape index (κ1) is 17.1. The van der Waals surface area contributed by atoms with Crippen LogP contribution in [0.25, 0.3) is 0 Å². The molecule has 7 heteroatoms. The van der Waals surface area contributed by atoms with Crippen molar-refractivity contribution in [3.63, 3.8) is 0 Å². The van der Waals surface area contributed by atoms with Crippen molar-refractivity contribution >= 4 is 27.8 Å². The number of nitrogens with one attached hydrogen (secondary N) is 1. The zero-order valence-electron chi connectivity index (χ0n) is 12.4. The number of carboxylic acid groups (broad SMARTS) is 1. The molecule has 122 valence electrons. The predicted molar refractivity (Wildman–Crippen MR) is 86.6 cm³/mol. The number of methoxy groups -OCH3 is 1. The fourth-order valence-corrected chi connectivity index (χ4v) is 2.47. The summed E-state index contributed by atoms with van der Waals surface area (Å²) in [5.74, 6) is -1.50. The monoisotopic (exact) mass is 381 g/mol. The molecule has 0 aliphatic carbocycles. The minimum atomic E-state index is -0.982. The normalized spacial score (nSPS) is 11.7. The van der Waals surface area contributed by atoms with Gasteiger partial charge >= 0.3 is 5.97 Å². The van der Waals surface area contributed by atoms with Crippen LogP contribution in [0, 0.1) is 5.92 Å². The van der Waals surface area contributed by atoms with Crippen molar-refractivity contribution in [1.82, 2.24) is 5.32 Å². The molecule has 0 saturated heterocycles. The van der Waals surface area contributed by atoms with Gasteiger partial charge in [0.1, 0.15) is 12.0 Å². The summed E-state index contributed by atoms with van der Waals surface area (Å²) in [4.78, 5) is 23.4. The number of aliphatic carboxylic acids is 1. The minimum absolute atomic E-state index is 0.00894. The van der Waals surface area contributed by atoms with Gasteiger partial charge in [-0.25, -0.2) is 0 Å². The molecule has 0 saturated carbocycles. The van der Waals surface area contributed by atoms with E-state index in [-0.39, 0.29) is 18.9 Å². The average Bonchev–Trinajstić information content (AvgIpc) is 2.97. The van der Waals surface area contributed by atoms with Gasteiger partial charge in [-0.15, -0.1) is 0 Å². The topological polar surface area (TPSA) is 88.8 Å². The lowest BCUT2D eigenvalue weighted by Gasteiger charge is -2.15. The number of rotatable bonds is 7. The molecular weight excluding hydrogens is 366 g/mol. The molecule has 1 aromatic heterocycles. The molecule has 1 atom stereocenters. The van der Waals surface area contributed by atoms with Crippen molar-refractivity contribution in [3.05, 3.63) is 52.4 Å². The van der Waals surface area contributed by atoms with Crippen LogP contribution in [0.15, 0.2) is 45.7 Å². The van der Waals surface area contributed by atoms with Gasteiger partial charge in [-0.3, -0.25) is 9.59 Å². The Hall–Kier alpha value is -2.28. The van der Waals surface area contributed by atoms with Crippen molar-refractivity contribution in [2.75, 3.05) is 13.7 Å². The largest absolute Gasteiger partial charge is 0.496 e. The SMILES string of the molecule is COc1ccccc1CC(CNC(=O)c1coc(Br)c1)C(=O)O. The summed E-state index contributed by atoms with van der Waals surface area (Å²) in [6.07, 6.45) is 1.56. The number of hydrogen-bond acceptors (Lipinski definition) is 4. The molecule has 0 aliphatic rings. The highest BCUT2D eigenvalue weighted by Crippen LogP contribution is 2.21. The number of carbonyl (C=O) groups is 2. The number of benzene rings is 1. The van der Waals surface area contributed by atoms with E-state index in [1.54, 1.807) is 6.07 Å². The number of hydrogen-bond donors (Lipinski definition) is 2. The van der Waals surface area contributed by atoms with Gasteiger partial charge in [0, 0.05) is 12.6 Å². The molecule has 6 nitrogen and oxygen atoms in total. The fourth-order valence-electron chi connectivity index (χ4n) is 2.13. The molecule has 0 bridgehead atoms. The molecule has 1 unspecified atom stereocenters. The van der Waals surface area contributed by atoms with Crippen molar-refractivity contribution in [2.24, 2.45) is 5.92 Å². The van der Waals surface area contributed by atoms with Crippen molar-refractivity contribution in [3.8, 4) is 5.75 Å². The van der Waals surface area contributed by atoms with Gasteiger partial charge in [-0.1, -0.05) is 18.2 Å². The molecule has 0 radical (unpaired) electrons. The third-order valence-electron chi connectivity index (χ3n) is 3.35. The first-order chi connectivity index (χ1) is 11.0. The second-order valence-electron chi connectivity index (χ2n) is 4.90. The molecule has 1 heterocycles. The molecule has 2 rings (SSSR count). The molecule has 2 aromatic rings. The number of halogens is 1. The quantitative estimate of drug-likeness (QED) is 0.769. The van der Waals surface area contributed by atoms with Crippen LogP contribution >= 0.6 is 15.9 Å². The first-order valence-corrected chi connectivity index (χ1v) is 7.67. The second kappa shape index (κ2) is 7.82. The van der Waals surface area contributed by atoms with Crippen LogP contribution in [0.1, 0.15) is 15.9 Å². The van der Waals surface area contributed by atoms with E-state index >= 15 is 0 Å². The highest BCUT2D eigenvalue weighted by Gasteiger charge is 2.21. The maximum absolute atomic E-state index is 12.0. The molecule has 0 spiro atoms. The van der Waals surface area contributed by atoms with Gasteiger partial charge < -0.3 is 19.6 Å². The third kappa shape index (κ3) is 4.59. The number of furan rings is 1. The minimum Gasteiger partial charge on any atom is -0.496 e. The predicted octanol–water partition coefficient (Wildman–Crippen LogP) is 2.72.